The van der Waals surface area contributed by atoms with Gasteiger partial charge in [0.15, 0.2) is 0 Å². The van der Waals surface area contributed by atoms with Crippen molar-refractivity contribution >= 4 is 17.3 Å². The number of nitro groups is 1. The maximum atomic E-state index is 10.8. The van der Waals surface area contributed by atoms with E-state index < -0.39 is 10.8 Å². The lowest BCUT2D eigenvalue weighted by Crippen LogP contribution is -2.15. The van der Waals surface area contributed by atoms with Crippen LogP contribution in [0.5, 0.6) is 0 Å². The molecule has 0 aliphatic rings. The third-order valence-electron chi connectivity index (χ3n) is 2.30. The van der Waals surface area contributed by atoms with Crippen LogP contribution in [0.3, 0.4) is 0 Å². The second-order valence-corrected chi connectivity index (χ2v) is 3.84. The molecule has 0 fully saturated rings. The number of rotatable bonds is 5. The van der Waals surface area contributed by atoms with Crippen molar-refractivity contribution in [3.05, 3.63) is 38.9 Å². The van der Waals surface area contributed by atoms with Gasteiger partial charge >= 0.3 is 0 Å². The summed E-state index contributed by atoms with van der Waals surface area (Å²) in [7, 11) is 0. The Morgan fingerprint density at radius 3 is 2.50 bits per heavy atom. The van der Waals surface area contributed by atoms with Gasteiger partial charge in [-0.25, -0.2) is 0 Å². The molecule has 6 heteroatoms. The number of benzene rings is 1. The van der Waals surface area contributed by atoms with Crippen LogP contribution in [0, 0.1) is 16.0 Å². The minimum atomic E-state index is -0.521. The summed E-state index contributed by atoms with van der Waals surface area (Å²) in [5.74, 6) is -0.432. The number of nitro benzene ring substituents is 1. The molecule has 0 saturated carbocycles. The molecule has 0 atom stereocenters. The Bertz CT molecular complexity index is 379. The number of nitrogens with zero attached hydrogens (tertiary/aromatic N) is 1. The molecule has 0 aromatic heterocycles. The second kappa shape index (κ2) is 5.79. The minimum Gasteiger partial charge on any atom is -0.396 e. The first kappa shape index (κ1) is 12.9. The average molecular weight is 246 g/mol. The summed E-state index contributed by atoms with van der Waals surface area (Å²) in [6.07, 6.45) is 0.184. The van der Waals surface area contributed by atoms with Crippen LogP contribution in [0.1, 0.15) is 5.56 Å². The van der Waals surface area contributed by atoms with Gasteiger partial charge in [-0.2, -0.15) is 0 Å². The molecule has 1 aromatic rings. The minimum absolute atomic E-state index is 0.0839. The first-order valence-corrected chi connectivity index (χ1v) is 5.11. The van der Waals surface area contributed by atoms with Crippen molar-refractivity contribution < 1.29 is 15.1 Å². The molecule has 2 N–H and O–H groups in total. The third-order valence-corrected chi connectivity index (χ3v) is 2.65. The Morgan fingerprint density at radius 1 is 1.38 bits per heavy atom. The van der Waals surface area contributed by atoms with Gasteiger partial charge in [0.2, 0.25) is 0 Å². The Morgan fingerprint density at radius 2 is 2.00 bits per heavy atom. The van der Waals surface area contributed by atoms with Crippen molar-refractivity contribution in [1.29, 1.82) is 0 Å². The first-order chi connectivity index (χ1) is 7.60. The fourth-order valence-corrected chi connectivity index (χ4v) is 1.64. The van der Waals surface area contributed by atoms with Crippen LogP contribution >= 0.6 is 11.6 Å². The van der Waals surface area contributed by atoms with E-state index >= 15 is 0 Å². The number of halogens is 1. The smallest absolute Gasteiger partial charge is 0.274 e. The molecule has 0 radical (unpaired) electrons. The van der Waals surface area contributed by atoms with Crippen LogP contribution in [0.15, 0.2) is 18.2 Å². The Hall–Kier alpha value is -1.17. The van der Waals surface area contributed by atoms with E-state index in [9.17, 15) is 10.1 Å². The molecular formula is C10H12ClNO4. The fourth-order valence-electron chi connectivity index (χ4n) is 1.40. The van der Waals surface area contributed by atoms with Crippen LogP contribution in [0.2, 0.25) is 5.02 Å². The summed E-state index contributed by atoms with van der Waals surface area (Å²) < 4.78 is 0. The second-order valence-electron chi connectivity index (χ2n) is 3.43. The van der Waals surface area contributed by atoms with Crippen molar-refractivity contribution in [3.63, 3.8) is 0 Å². The normalized spacial score (nSPS) is 10.8. The third kappa shape index (κ3) is 2.91. The molecule has 1 rings (SSSR count). The van der Waals surface area contributed by atoms with E-state index in [1.54, 1.807) is 6.07 Å². The molecule has 88 valence electrons. The Kier molecular flexibility index (Phi) is 4.67. The maximum absolute atomic E-state index is 10.8. The monoisotopic (exact) mass is 245 g/mol. The summed E-state index contributed by atoms with van der Waals surface area (Å²) in [6.45, 7) is -0.474. The van der Waals surface area contributed by atoms with Crippen LogP contribution in [0.25, 0.3) is 0 Å². The largest absolute Gasteiger partial charge is 0.396 e. The summed E-state index contributed by atoms with van der Waals surface area (Å²) in [5.41, 5.74) is 0.265. The summed E-state index contributed by atoms with van der Waals surface area (Å²) in [6, 6.07) is 4.40. The van der Waals surface area contributed by atoms with Crippen molar-refractivity contribution in [2.24, 2.45) is 5.92 Å². The van der Waals surface area contributed by atoms with E-state index in [0.29, 0.717) is 5.56 Å². The van der Waals surface area contributed by atoms with Crippen molar-refractivity contribution in [1.82, 2.24) is 0 Å². The number of hydrogen-bond donors (Lipinski definition) is 2. The first-order valence-electron chi connectivity index (χ1n) is 4.73. The lowest BCUT2D eigenvalue weighted by Gasteiger charge is -2.11. The van der Waals surface area contributed by atoms with Crippen LogP contribution in [-0.4, -0.2) is 28.4 Å². The summed E-state index contributed by atoms with van der Waals surface area (Å²) in [5, 5.41) is 28.9. The zero-order valence-corrected chi connectivity index (χ0v) is 9.22. The number of hydrogen-bond acceptors (Lipinski definition) is 4. The topological polar surface area (TPSA) is 83.6 Å². The molecule has 5 nitrogen and oxygen atoms in total. The van der Waals surface area contributed by atoms with Crippen LogP contribution < -0.4 is 0 Å². The zero-order chi connectivity index (χ0) is 12.1. The Labute approximate surface area is 97.4 Å². The van der Waals surface area contributed by atoms with Gasteiger partial charge in [-0.3, -0.25) is 10.1 Å². The standard InChI is InChI=1S/C10H12ClNO4/c11-9-2-1-3-10(12(15)16)8(9)4-7(5-13)6-14/h1-3,7,13-14H,4-6H2. The Balaban J connectivity index is 3.05. The van der Waals surface area contributed by atoms with E-state index in [1.807, 2.05) is 0 Å². The molecule has 0 heterocycles. The van der Waals surface area contributed by atoms with Gasteiger partial charge in [0.1, 0.15) is 0 Å². The number of aliphatic hydroxyl groups is 2. The van der Waals surface area contributed by atoms with Gasteiger partial charge in [0.25, 0.3) is 5.69 Å². The molecule has 16 heavy (non-hydrogen) atoms. The molecule has 0 aliphatic heterocycles. The quantitative estimate of drug-likeness (QED) is 0.607. The fraction of sp³-hybridized carbons (Fsp3) is 0.400. The number of aliphatic hydroxyl groups excluding tert-OH is 2. The van der Waals surface area contributed by atoms with E-state index in [1.165, 1.54) is 12.1 Å². The van der Waals surface area contributed by atoms with Crippen molar-refractivity contribution in [2.45, 2.75) is 6.42 Å². The molecule has 1 aromatic carbocycles. The van der Waals surface area contributed by atoms with Gasteiger partial charge in [-0.15, -0.1) is 0 Å². The molecular weight excluding hydrogens is 234 g/mol. The molecule has 0 bridgehead atoms. The highest BCUT2D eigenvalue weighted by Crippen LogP contribution is 2.28. The van der Waals surface area contributed by atoms with Gasteiger partial charge in [-0.05, 0) is 12.5 Å². The van der Waals surface area contributed by atoms with Gasteiger partial charge in [-0.1, -0.05) is 17.7 Å². The van der Waals surface area contributed by atoms with Crippen molar-refractivity contribution in [3.8, 4) is 0 Å². The highest BCUT2D eigenvalue weighted by atomic mass is 35.5. The highest BCUT2D eigenvalue weighted by Gasteiger charge is 2.19. The van der Waals surface area contributed by atoms with Crippen LogP contribution in [-0.2, 0) is 6.42 Å². The average Bonchev–Trinajstić information content (AvgIpc) is 2.27. The lowest BCUT2D eigenvalue weighted by molar-refractivity contribution is -0.385. The van der Waals surface area contributed by atoms with Crippen molar-refractivity contribution in [2.75, 3.05) is 13.2 Å². The van der Waals surface area contributed by atoms with Gasteiger partial charge in [0, 0.05) is 30.8 Å². The molecule has 0 spiro atoms. The van der Waals surface area contributed by atoms with E-state index in [2.05, 4.69) is 0 Å². The van der Waals surface area contributed by atoms with E-state index in [4.69, 9.17) is 21.8 Å². The molecule has 0 unspecified atom stereocenters. The molecule has 0 aliphatic carbocycles. The maximum Gasteiger partial charge on any atom is 0.274 e. The predicted octanol–water partition coefficient (Wildman–Crippen LogP) is 1.39. The zero-order valence-electron chi connectivity index (χ0n) is 8.47. The van der Waals surface area contributed by atoms with E-state index in [0.717, 1.165) is 0 Å². The SMILES string of the molecule is O=[N+]([O-])c1cccc(Cl)c1CC(CO)CO. The van der Waals surface area contributed by atoms with E-state index in [-0.39, 0.29) is 30.3 Å². The van der Waals surface area contributed by atoms with Gasteiger partial charge < -0.3 is 10.2 Å². The highest BCUT2D eigenvalue weighted by molar-refractivity contribution is 6.31. The summed E-state index contributed by atoms with van der Waals surface area (Å²) in [4.78, 5) is 10.2. The predicted molar refractivity (Wildman–Crippen MR) is 59.5 cm³/mol. The molecule has 0 saturated heterocycles. The summed E-state index contributed by atoms with van der Waals surface area (Å²) >= 11 is 5.86. The van der Waals surface area contributed by atoms with Gasteiger partial charge in [0.05, 0.1) is 9.95 Å². The molecule has 0 amide bonds. The van der Waals surface area contributed by atoms with Crippen LogP contribution in [0.4, 0.5) is 5.69 Å². The lowest BCUT2D eigenvalue weighted by atomic mass is 9.99.